The number of piperidine rings is 1. The summed E-state index contributed by atoms with van der Waals surface area (Å²) < 4.78 is 8.26. The first-order valence-electron chi connectivity index (χ1n) is 8.63. The van der Waals surface area contributed by atoms with E-state index in [0.29, 0.717) is 38.3 Å². The molecular formula is C18H26MoN2O5-2. The number of phenolic OH excluding ortho intramolecular Hbond substituents is 1. The third-order valence-corrected chi connectivity index (χ3v) is 4.72. The van der Waals surface area contributed by atoms with Crippen molar-refractivity contribution >= 4 is 11.8 Å². The Hall–Kier alpha value is -1.11. The standard InChI is InChI=1S/C9H16NO.C9H8NO.Mo.H2O2.O/c2*11-8-5-1-3-7-4-2-6-10-9(7)8;;1-2;/h7-9,11H,1-6H2;1-5,11H,6H2;;1-2H;/q2*-1;;;. The Balaban J connectivity index is 0.000000219. The number of nitrogens with zero attached hydrogens (tertiary/aromatic N) is 2. The van der Waals surface area contributed by atoms with Gasteiger partial charge in [-0.2, -0.15) is 0 Å². The molecule has 1 saturated heterocycles. The summed E-state index contributed by atoms with van der Waals surface area (Å²) in [4.78, 5) is 0. The van der Waals surface area contributed by atoms with E-state index in [2.05, 4.69) is 10.6 Å². The first kappa shape index (κ1) is 22.9. The summed E-state index contributed by atoms with van der Waals surface area (Å²) in [7, 11) is 0. The second kappa shape index (κ2) is 13.1. The van der Waals surface area contributed by atoms with Crippen LogP contribution in [-0.2, 0) is 23.2 Å². The maximum atomic E-state index is 9.61. The van der Waals surface area contributed by atoms with Crippen molar-refractivity contribution in [3.63, 3.8) is 0 Å². The van der Waals surface area contributed by atoms with Crippen LogP contribution < -0.4 is 0 Å². The molecule has 26 heavy (non-hydrogen) atoms. The zero-order valence-corrected chi connectivity index (χ0v) is 16.6. The Morgan fingerprint density at radius 1 is 1.08 bits per heavy atom. The molecule has 2 heterocycles. The molecule has 0 aromatic heterocycles. The number of benzene rings is 1. The summed E-state index contributed by atoms with van der Waals surface area (Å²) in [6.45, 7) is 1.66. The second-order valence-corrected chi connectivity index (χ2v) is 6.26. The Bertz CT molecular complexity index is 556. The van der Waals surface area contributed by atoms with Gasteiger partial charge in [-0.1, -0.05) is 55.5 Å². The van der Waals surface area contributed by atoms with Crippen molar-refractivity contribution in [2.75, 3.05) is 13.1 Å². The van der Waals surface area contributed by atoms with E-state index >= 15 is 0 Å². The van der Waals surface area contributed by atoms with Crippen LogP contribution in [0.25, 0.3) is 16.7 Å². The second-order valence-electron chi connectivity index (χ2n) is 6.26. The van der Waals surface area contributed by atoms with Crippen LogP contribution in [0.5, 0.6) is 5.75 Å². The van der Waals surface area contributed by atoms with Crippen LogP contribution >= 0.6 is 0 Å². The molecule has 146 valence electrons. The van der Waals surface area contributed by atoms with Gasteiger partial charge in [0, 0.05) is 6.10 Å². The predicted molar refractivity (Wildman–Crippen MR) is 95.6 cm³/mol. The molecular weight excluding hydrogens is 420 g/mol. The molecule has 0 spiro atoms. The zero-order chi connectivity index (χ0) is 19.4. The van der Waals surface area contributed by atoms with Crippen molar-refractivity contribution in [2.45, 2.75) is 44.2 Å². The number of para-hydroxylation sites is 1. The van der Waals surface area contributed by atoms with Gasteiger partial charge < -0.3 is 20.8 Å². The number of phenols is 1. The van der Waals surface area contributed by atoms with Crippen LogP contribution in [0.4, 0.5) is 5.69 Å². The Morgan fingerprint density at radius 3 is 2.50 bits per heavy atom. The van der Waals surface area contributed by atoms with E-state index in [1.54, 1.807) is 6.07 Å². The SMILES string of the molecule is OC1CCCC2CCC[N-]C12.OO.Oc1cccc2c1[N-]CC=C2.[O]=[Mo]. The number of rotatable bonds is 0. The van der Waals surface area contributed by atoms with Crippen LogP contribution in [0.2, 0.25) is 0 Å². The third-order valence-electron chi connectivity index (χ3n) is 4.72. The summed E-state index contributed by atoms with van der Waals surface area (Å²) >= 11 is 0.700. The van der Waals surface area contributed by atoms with Crippen molar-refractivity contribution in [3.8, 4) is 5.75 Å². The molecule has 2 aliphatic heterocycles. The van der Waals surface area contributed by atoms with Crippen molar-refractivity contribution in [3.05, 3.63) is 40.5 Å². The van der Waals surface area contributed by atoms with Crippen LogP contribution in [-0.4, -0.2) is 46.0 Å². The molecule has 0 radical (unpaired) electrons. The van der Waals surface area contributed by atoms with E-state index in [9.17, 15) is 10.2 Å². The summed E-state index contributed by atoms with van der Waals surface area (Å²) in [5, 5.41) is 39.6. The van der Waals surface area contributed by atoms with Gasteiger partial charge in [0.15, 0.2) is 0 Å². The first-order chi connectivity index (χ1) is 12.8. The number of aliphatic hydroxyl groups excluding tert-OH is 1. The average Bonchev–Trinajstić information content (AvgIpc) is 2.72. The molecule has 3 unspecified atom stereocenters. The predicted octanol–water partition coefficient (Wildman–Crippen LogP) is 4.00. The molecule has 0 amide bonds. The molecule has 0 bridgehead atoms. The number of fused-ring (bicyclic) bond motifs is 2. The molecule has 3 atom stereocenters. The van der Waals surface area contributed by atoms with Gasteiger partial charge in [0.2, 0.25) is 0 Å². The van der Waals surface area contributed by atoms with E-state index in [1.165, 1.54) is 25.7 Å². The van der Waals surface area contributed by atoms with Gasteiger partial charge in [-0.15, -0.1) is 25.2 Å². The molecule has 4 rings (SSSR count). The Morgan fingerprint density at radius 2 is 1.81 bits per heavy atom. The summed E-state index contributed by atoms with van der Waals surface area (Å²) in [5.41, 5.74) is 1.71. The van der Waals surface area contributed by atoms with Gasteiger partial charge in [0.1, 0.15) is 5.75 Å². The van der Waals surface area contributed by atoms with Gasteiger partial charge in [-0.25, -0.2) is 0 Å². The number of hydrogen-bond donors (Lipinski definition) is 4. The van der Waals surface area contributed by atoms with E-state index in [1.807, 2.05) is 24.3 Å². The van der Waals surface area contributed by atoms with Gasteiger partial charge >= 0.3 is 23.2 Å². The maximum absolute atomic E-state index is 9.61. The van der Waals surface area contributed by atoms with Gasteiger partial charge in [0.25, 0.3) is 0 Å². The fourth-order valence-electron chi connectivity index (χ4n) is 3.60. The van der Waals surface area contributed by atoms with E-state index in [0.717, 1.165) is 24.2 Å². The molecule has 1 saturated carbocycles. The summed E-state index contributed by atoms with van der Waals surface area (Å²) in [6, 6.07) is 5.72. The van der Waals surface area contributed by atoms with E-state index < -0.39 is 0 Å². The molecule has 1 aliphatic carbocycles. The quantitative estimate of drug-likeness (QED) is 0.272. The third kappa shape index (κ3) is 6.56. The Labute approximate surface area is 165 Å². The molecule has 1 aromatic rings. The summed E-state index contributed by atoms with van der Waals surface area (Å²) in [5.74, 6) is 0.986. The van der Waals surface area contributed by atoms with Crippen molar-refractivity contribution in [1.29, 1.82) is 0 Å². The molecule has 3 aliphatic rings. The van der Waals surface area contributed by atoms with Crippen molar-refractivity contribution in [2.24, 2.45) is 5.92 Å². The monoisotopic (exact) mass is 448 g/mol. The summed E-state index contributed by atoms with van der Waals surface area (Å²) in [6.07, 6.45) is 9.85. The molecule has 7 nitrogen and oxygen atoms in total. The molecule has 2 fully saturated rings. The molecule has 8 heteroatoms. The van der Waals surface area contributed by atoms with Crippen LogP contribution in [0.15, 0.2) is 24.3 Å². The van der Waals surface area contributed by atoms with Crippen LogP contribution in [0, 0.1) is 5.92 Å². The number of hydrogen-bond acceptors (Lipinski definition) is 5. The minimum absolute atomic E-state index is 0.117. The number of aromatic hydroxyl groups is 1. The Kier molecular flexibility index (Phi) is 11.6. The van der Waals surface area contributed by atoms with Gasteiger partial charge in [0.05, 0.1) is 0 Å². The van der Waals surface area contributed by atoms with Gasteiger partial charge in [-0.05, 0) is 18.1 Å². The molecule has 1 aromatic carbocycles. The topological polar surface area (TPSA) is 126 Å². The minimum atomic E-state index is -0.117. The first-order valence-corrected chi connectivity index (χ1v) is 9.45. The van der Waals surface area contributed by atoms with E-state index in [-0.39, 0.29) is 11.9 Å². The normalized spacial score (nSPS) is 25.3. The van der Waals surface area contributed by atoms with E-state index in [4.69, 9.17) is 13.9 Å². The fraction of sp³-hybridized carbons (Fsp3) is 0.556. The van der Waals surface area contributed by atoms with Crippen LogP contribution in [0.1, 0.15) is 37.7 Å². The van der Waals surface area contributed by atoms with Crippen LogP contribution in [0.3, 0.4) is 0 Å². The zero-order valence-electron chi connectivity index (χ0n) is 14.6. The van der Waals surface area contributed by atoms with Crippen molar-refractivity contribution in [1.82, 2.24) is 0 Å². The van der Waals surface area contributed by atoms with Gasteiger partial charge in [-0.3, -0.25) is 10.5 Å². The van der Waals surface area contributed by atoms with Crippen molar-refractivity contribution < 1.29 is 43.9 Å². The molecule has 4 N–H and O–H groups in total. The average molecular weight is 446 g/mol. The fourth-order valence-corrected chi connectivity index (χ4v) is 3.60. The number of aliphatic hydroxyl groups is 1.